The van der Waals surface area contributed by atoms with Gasteiger partial charge in [0.25, 0.3) is 0 Å². The van der Waals surface area contributed by atoms with Crippen molar-refractivity contribution in [2.75, 3.05) is 57.3 Å². The first-order valence-corrected chi connectivity index (χ1v) is 9.36. The van der Waals surface area contributed by atoms with Crippen LogP contribution in [-0.4, -0.2) is 78.4 Å². The molecule has 1 atom stereocenters. The molecule has 0 aromatic carbocycles. The topological polar surface area (TPSA) is 42.8 Å². The number of piperidine rings is 1. The van der Waals surface area contributed by atoms with Crippen LogP contribution < -0.4 is 4.90 Å². The van der Waals surface area contributed by atoms with Gasteiger partial charge in [-0.3, -0.25) is 4.90 Å². The molecule has 0 radical (unpaired) electrons. The Kier molecular flexibility index (Phi) is 5.68. The van der Waals surface area contributed by atoms with Gasteiger partial charge in [0, 0.05) is 50.8 Å². The predicted molar refractivity (Wildman–Crippen MR) is 91.6 cm³/mol. The minimum absolute atomic E-state index is 0.222. The SMILES string of the molecule is CC1CCN(C[C@@H](O)CN2CCN(c3nccs3)CC2)CC1. The number of thiazole rings is 1. The van der Waals surface area contributed by atoms with Crippen molar-refractivity contribution in [3.63, 3.8) is 0 Å². The van der Waals surface area contributed by atoms with E-state index >= 15 is 0 Å². The van der Waals surface area contributed by atoms with Gasteiger partial charge in [-0.2, -0.15) is 0 Å². The second-order valence-corrected chi connectivity index (χ2v) is 7.61. The zero-order valence-electron chi connectivity index (χ0n) is 13.5. The Balaban J connectivity index is 1.37. The molecule has 2 aliphatic heterocycles. The van der Waals surface area contributed by atoms with E-state index < -0.39 is 0 Å². The number of likely N-dealkylation sites (tertiary alicyclic amines) is 1. The van der Waals surface area contributed by atoms with E-state index in [0.717, 1.165) is 63.4 Å². The lowest BCUT2D eigenvalue weighted by Crippen LogP contribution is -2.50. The fourth-order valence-electron chi connectivity index (χ4n) is 3.39. The van der Waals surface area contributed by atoms with Crippen LogP contribution >= 0.6 is 11.3 Å². The molecular weight excluding hydrogens is 296 g/mol. The molecule has 1 aromatic heterocycles. The number of aromatic nitrogens is 1. The molecule has 2 fully saturated rings. The molecule has 0 aliphatic carbocycles. The fourth-order valence-corrected chi connectivity index (χ4v) is 4.09. The highest BCUT2D eigenvalue weighted by molar-refractivity contribution is 7.13. The maximum Gasteiger partial charge on any atom is 0.185 e. The zero-order chi connectivity index (χ0) is 15.4. The van der Waals surface area contributed by atoms with Gasteiger partial charge in [0.15, 0.2) is 5.13 Å². The third-order valence-electron chi connectivity index (χ3n) is 4.88. The van der Waals surface area contributed by atoms with Gasteiger partial charge in [0.1, 0.15) is 0 Å². The first-order chi connectivity index (χ1) is 10.7. The first kappa shape index (κ1) is 16.2. The summed E-state index contributed by atoms with van der Waals surface area (Å²) < 4.78 is 0. The summed E-state index contributed by atoms with van der Waals surface area (Å²) in [6, 6.07) is 0. The van der Waals surface area contributed by atoms with Crippen molar-refractivity contribution in [3.8, 4) is 0 Å². The number of β-amino-alcohol motifs (C(OH)–C–C–N with tert-alkyl or cyclic N) is 1. The molecule has 124 valence electrons. The molecule has 1 aromatic rings. The molecule has 3 rings (SSSR count). The number of anilines is 1. The van der Waals surface area contributed by atoms with Gasteiger partial charge < -0.3 is 14.9 Å². The van der Waals surface area contributed by atoms with Gasteiger partial charge in [-0.15, -0.1) is 11.3 Å². The van der Waals surface area contributed by atoms with Gasteiger partial charge in [-0.25, -0.2) is 4.98 Å². The molecule has 2 saturated heterocycles. The molecule has 5 nitrogen and oxygen atoms in total. The number of aliphatic hydroxyl groups excluding tert-OH is 1. The number of aliphatic hydroxyl groups is 1. The lowest BCUT2D eigenvalue weighted by molar-refractivity contribution is 0.0597. The summed E-state index contributed by atoms with van der Waals surface area (Å²) in [4.78, 5) is 11.5. The van der Waals surface area contributed by atoms with Gasteiger partial charge >= 0.3 is 0 Å². The van der Waals surface area contributed by atoms with E-state index in [4.69, 9.17) is 0 Å². The number of hydrogen-bond donors (Lipinski definition) is 1. The number of piperazine rings is 1. The van der Waals surface area contributed by atoms with Gasteiger partial charge in [0.05, 0.1) is 6.10 Å². The second kappa shape index (κ2) is 7.73. The highest BCUT2D eigenvalue weighted by Crippen LogP contribution is 2.19. The van der Waals surface area contributed by atoms with Crippen molar-refractivity contribution in [1.29, 1.82) is 0 Å². The molecule has 0 saturated carbocycles. The van der Waals surface area contributed by atoms with Gasteiger partial charge in [-0.1, -0.05) is 6.92 Å². The highest BCUT2D eigenvalue weighted by Gasteiger charge is 2.23. The van der Waals surface area contributed by atoms with E-state index in [1.165, 1.54) is 12.8 Å². The van der Waals surface area contributed by atoms with Crippen molar-refractivity contribution in [3.05, 3.63) is 11.6 Å². The Morgan fingerprint density at radius 2 is 1.77 bits per heavy atom. The van der Waals surface area contributed by atoms with Crippen LogP contribution in [0.1, 0.15) is 19.8 Å². The first-order valence-electron chi connectivity index (χ1n) is 8.48. The fraction of sp³-hybridized carbons (Fsp3) is 0.812. The lowest BCUT2D eigenvalue weighted by atomic mass is 9.99. The molecule has 1 N–H and O–H groups in total. The normalized spacial score (nSPS) is 23.8. The average Bonchev–Trinajstić information content (AvgIpc) is 3.05. The van der Waals surface area contributed by atoms with Crippen molar-refractivity contribution >= 4 is 16.5 Å². The maximum atomic E-state index is 10.4. The van der Waals surface area contributed by atoms with E-state index in [-0.39, 0.29) is 6.10 Å². The van der Waals surface area contributed by atoms with Crippen LogP contribution in [0.2, 0.25) is 0 Å². The standard InChI is InChI=1S/C16H28N4OS/c1-14-2-5-18(6-3-14)12-15(21)13-19-7-9-20(10-8-19)16-17-4-11-22-16/h4,11,14-15,21H,2-3,5-10,12-13H2,1H3/t15-/m1/s1. The lowest BCUT2D eigenvalue weighted by Gasteiger charge is -2.37. The van der Waals surface area contributed by atoms with E-state index in [2.05, 4.69) is 26.6 Å². The summed E-state index contributed by atoms with van der Waals surface area (Å²) in [6.45, 7) is 10.3. The molecule has 6 heteroatoms. The van der Waals surface area contributed by atoms with Gasteiger partial charge in [0.2, 0.25) is 0 Å². The molecule has 0 bridgehead atoms. The maximum absolute atomic E-state index is 10.4. The summed E-state index contributed by atoms with van der Waals surface area (Å²) in [7, 11) is 0. The molecule has 0 unspecified atom stereocenters. The second-order valence-electron chi connectivity index (χ2n) is 6.74. The third kappa shape index (κ3) is 4.41. The number of hydrogen-bond acceptors (Lipinski definition) is 6. The van der Waals surface area contributed by atoms with Gasteiger partial charge in [-0.05, 0) is 31.8 Å². The number of rotatable bonds is 5. The van der Waals surface area contributed by atoms with Crippen LogP contribution in [0.5, 0.6) is 0 Å². The monoisotopic (exact) mass is 324 g/mol. The van der Waals surface area contributed by atoms with Crippen LogP contribution in [0, 0.1) is 5.92 Å². The molecule has 2 aliphatic rings. The summed E-state index contributed by atoms with van der Waals surface area (Å²) in [5.74, 6) is 0.854. The van der Waals surface area contributed by atoms with E-state index in [1.54, 1.807) is 11.3 Å². The van der Waals surface area contributed by atoms with Crippen LogP contribution in [0.4, 0.5) is 5.13 Å². The quantitative estimate of drug-likeness (QED) is 0.886. The molecule has 0 amide bonds. The zero-order valence-corrected chi connectivity index (χ0v) is 14.3. The third-order valence-corrected chi connectivity index (χ3v) is 5.71. The van der Waals surface area contributed by atoms with Crippen LogP contribution in [0.15, 0.2) is 11.6 Å². The Morgan fingerprint density at radius 3 is 2.36 bits per heavy atom. The van der Waals surface area contributed by atoms with E-state index in [9.17, 15) is 5.11 Å². The molecule has 0 spiro atoms. The summed E-state index contributed by atoms with van der Waals surface area (Å²) in [5, 5.41) is 13.5. The largest absolute Gasteiger partial charge is 0.390 e. The summed E-state index contributed by atoms with van der Waals surface area (Å²) in [6.07, 6.45) is 4.20. The van der Waals surface area contributed by atoms with Crippen LogP contribution in [0.3, 0.4) is 0 Å². The molecular formula is C16H28N4OS. The van der Waals surface area contributed by atoms with Crippen molar-refractivity contribution in [1.82, 2.24) is 14.8 Å². The predicted octanol–water partition coefficient (Wildman–Crippen LogP) is 1.36. The smallest absolute Gasteiger partial charge is 0.185 e. The molecule has 22 heavy (non-hydrogen) atoms. The summed E-state index contributed by atoms with van der Waals surface area (Å²) in [5.41, 5.74) is 0. The van der Waals surface area contributed by atoms with Crippen LogP contribution in [-0.2, 0) is 0 Å². The van der Waals surface area contributed by atoms with Crippen molar-refractivity contribution in [2.45, 2.75) is 25.9 Å². The van der Waals surface area contributed by atoms with E-state index in [1.807, 2.05) is 11.6 Å². The average molecular weight is 324 g/mol. The van der Waals surface area contributed by atoms with E-state index in [0.29, 0.717) is 0 Å². The van der Waals surface area contributed by atoms with Crippen molar-refractivity contribution < 1.29 is 5.11 Å². The highest BCUT2D eigenvalue weighted by atomic mass is 32.1. The summed E-state index contributed by atoms with van der Waals surface area (Å²) >= 11 is 1.71. The molecule has 3 heterocycles. The number of nitrogens with zero attached hydrogens (tertiary/aromatic N) is 4. The Hall–Kier alpha value is -0.690. The van der Waals surface area contributed by atoms with Crippen LogP contribution in [0.25, 0.3) is 0 Å². The minimum atomic E-state index is -0.222. The Morgan fingerprint density at radius 1 is 1.14 bits per heavy atom. The van der Waals surface area contributed by atoms with Crippen molar-refractivity contribution in [2.24, 2.45) is 5.92 Å². The minimum Gasteiger partial charge on any atom is -0.390 e. The Bertz CT molecular complexity index is 425. The Labute approximate surface area is 137 Å².